The van der Waals surface area contributed by atoms with Gasteiger partial charge in [-0.05, 0) is 55.5 Å². The molecule has 0 saturated heterocycles. The fourth-order valence-corrected chi connectivity index (χ4v) is 3.69. The second kappa shape index (κ2) is 9.32. The van der Waals surface area contributed by atoms with Gasteiger partial charge in [0.1, 0.15) is 11.5 Å². The van der Waals surface area contributed by atoms with Crippen LogP contribution in [0.1, 0.15) is 5.56 Å². The lowest BCUT2D eigenvalue weighted by Crippen LogP contribution is -2.20. The van der Waals surface area contributed by atoms with Gasteiger partial charge in [0.05, 0.1) is 17.7 Å². The van der Waals surface area contributed by atoms with Crippen LogP contribution in [-0.4, -0.2) is 28.0 Å². The van der Waals surface area contributed by atoms with E-state index in [1.165, 1.54) is 31.4 Å². The number of benzene rings is 3. The van der Waals surface area contributed by atoms with E-state index in [0.717, 1.165) is 5.56 Å². The van der Waals surface area contributed by atoms with Gasteiger partial charge in [0.15, 0.2) is 6.61 Å². The first kappa shape index (κ1) is 21.2. The first-order chi connectivity index (χ1) is 14.4. The second-order valence-corrected chi connectivity index (χ2v) is 8.16. The number of amides is 1. The Balaban J connectivity index is 1.58. The summed E-state index contributed by atoms with van der Waals surface area (Å²) in [6.45, 7) is 1.69. The molecule has 0 heterocycles. The van der Waals surface area contributed by atoms with E-state index in [2.05, 4.69) is 10.0 Å². The van der Waals surface area contributed by atoms with Gasteiger partial charge in [-0.2, -0.15) is 0 Å². The highest BCUT2D eigenvalue weighted by molar-refractivity contribution is 7.92. The molecule has 0 radical (unpaired) electrons. The van der Waals surface area contributed by atoms with Crippen molar-refractivity contribution in [1.29, 1.82) is 0 Å². The van der Waals surface area contributed by atoms with E-state index in [-0.39, 0.29) is 17.4 Å². The molecule has 0 fully saturated rings. The van der Waals surface area contributed by atoms with Gasteiger partial charge in [-0.1, -0.05) is 29.8 Å². The molecule has 0 atom stereocenters. The molecule has 3 aromatic rings. The molecule has 0 bridgehead atoms. The molecule has 30 heavy (non-hydrogen) atoms. The lowest BCUT2D eigenvalue weighted by atomic mass is 10.2. The molecule has 0 spiro atoms. The van der Waals surface area contributed by atoms with Crippen molar-refractivity contribution in [3.8, 4) is 11.5 Å². The molecule has 156 valence electrons. The smallest absolute Gasteiger partial charge is 0.262 e. The van der Waals surface area contributed by atoms with Crippen LogP contribution in [0.3, 0.4) is 0 Å². The maximum Gasteiger partial charge on any atom is 0.262 e. The van der Waals surface area contributed by atoms with E-state index in [1.54, 1.807) is 36.4 Å². The van der Waals surface area contributed by atoms with Crippen molar-refractivity contribution in [2.75, 3.05) is 23.8 Å². The second-order valence-electron chi connectivity index (χ2n) is 6.48. The Morgan fingerprint density at radius 2 is 1.60 bits per heavy atom. The summed E-state index contributed by atoms with van der Waals surface area (Å²) in [5.41, 5.74) is 2.06. The first-order valence-corrected chi connectivity index (χ1v) is 10.6. The summed E-state index contributed by atoms with van der Waals surface area (Å²) < 4.78 is 38.2. The molecule has 0 aliphatic heterocycles. The maximum absolute atomic E-state index is 12.5. The van der Waals surface area contributed by atoms with E-state index in [0.29, 0.717) is 22.9 Å². The molecule has 3 rings (SSSR count). The Hall–Kier alpha value is -3.52. The number of para-hydroxylation sites is 2. The molecule has 0 unspecified atom stereocenters. The summed E-state index contributed by atoms with van der Waals surface area (Å²) in [6.07, 6.45) is 0. The molecular formula is C22H22N2O5S. The summed E-state index contributed by atoms with van der Waals surface area (Å²) in [5.74, 6) is 0.554. The number of ether oxygens (including phenoxy) is 2. The van der Waals surface area contributed by atoms with Crippen LogP contribution in [0, 0.1) is 6.92 Å². The normalized spacial score (nSPS) is 10.9. The molecule has 3 aromatic carbocycles. The third kappa shape index (κ3) is 5.51. The lowest BCUT2D eigenvalue weighted by Gasteiger charge is -2.11. The number of carbonyl (C=O) groups excluding carboxylic acids is 1. The Bertz CT molecular complexity index is 1110. The molecule has 0 aromatic heterocycles. The molecular weight excluding hydrogens is 404 g/mol. The predicted molar refractivity (Wildman–Crippen MR) is 116 cm³/mol. The van der Waals surface area contributed by atoms with Crippen molar-refractivity contribution < 1.29 is 22.7 Å². The van der Waals surface area contributed by atoms with Crippen LogP contribution in [0.4, 0.5) is 11.4 Å². The van der Waals surface area contributed by atoms with Crippen molar-refractivity contribution in [3.05, 3.63) is 78.4 Å². The summed E-state index contributed by atoms with van der Waals surface area (Å²) >= 11 is 0. The lowest BCUT2D eigenvalue weighted by molar-refractivity contribution is -0.118. The minimum absolute atomic E-state index is 0.0916. The van der Waals surface area contributed by atoms with Crippen molar-refractivity contribution in [3.63, 3.8) is 0 Å². The number of aryl methyl sites for hydroxylation is 1. The zero-order valence-corrected chi connectivity index (χ0v) is 17.4. The van der Waals surface area contributed by atoms with Gasteiger partial charge in [0.25, 0.3) is 15.9 Å². The van der Waals surface area contributed by atoms with Crippen LogP contribution in [0.15, 0.2) is 77.7 Å². The van der Waals surface area contributed by atoms with Crippen LogP contribution >= 0.6 is 0 Å². The van der Waals surface area contributed by atoms with E-state index in [9.17, 15) is 13.2 Å². The van der Waals surface area contributed by atoms with Crippen LogP contribution in [0.5, 0.6) is 11.5 Å². The molecule has 1 amide bonds. The number of anilines is 2. The predicted octanol–water partition coefficient (Wildman–Crippen LogP) is 3.82. The van der Waals surface area contributed by atoms with Crippen molar-refractivity contribution in [2.45, 2.75) is 11.8 Å². The monoisotopic (exact) mass is 426 g/mol. The van der Waals surface area contributed by atoms with Gasteiger partial charge in [0, 0.05) is 5.69 Å². The zero-order valence-electron chi connectivity index (χ0n) is 16.6. The Labute approximate surface area is 175 Å². The molecule has 7 nitrogen and oxygen atoms in total. The fourth-order valence-electron chi connectivity index (χ4n) is 2.63. The van der Waals surface area contributed by atoms with E-state index in [1.807, 2.05) is 19.1 Å². The molecule has 2 N–H and O–H groups in total. The number of hydrogen-bond acceptors (Lipinski definition) is 5. The zero-order chi connectivity index (χ0) is 21.6. The minimum atomic E-state index is -3.72. The summed E-state index contributed by atoms with van der Waals surface area (Å²) in [5, 5.41) is 2.70. The van der Waals surface area contributed by atoms with Gasteiger partial charge in [-0.25, -0.2) is 8.42 Å². The topological polar surface area (TPSA) is 93.7 Å². The number of methoxy groups -OCH3 is 1. The summed E-state index contributed by atoms with van der Waals surface area (Å²) in [4.78, 5) is 12.2. The fraction of sp³-hybridized carbons (Fsp3) is 0.136. The van der Waals surface area contributed by atoms with Crippen molar-refractivity contribution in [2.24, 2.45) is 0 Å². The van der Waals surface area contributed by atoms with Gasteiger partial charge in [-0.15, -0.1) is 0 Å². The van der Waals surface area contributed by atoms with Crippen molar-refractivity contribution in [1.82, 2.24) is 0 Å². The van der Waals surface area contributed by atoms with E-state index in [4.69, 9.17) is 9.47 Å². The number of rotatable bonds is 8. The van der Waals surface area contributed by atoms with Crippen molar-refractivity contribution >= 4 is 27.3 Å². The highest BCUT2D eigenvalue weighted by Gasteiger charge is 2.14. The third-order valence-electron chi connectivity index (χ3n) is 4.19. The van der Waals surface area contributed by atoms with E-state index < -0.39 is 10.0 Å². The Kier molecular flexibility index (Phi) is 6.58. The Morgan fingerprint density at radius 3 is 2.27 bits per heavy atom. The van der Waals surface area contributed by atoms with Gasteiger partial charge in [-0.3, -0.25) is 9.52 Å². The first-order valence-electron chi connectivity index (χ1n) is 9.12. The number of carbonyl (C=O) groups is 1. The van der Waals surface area contributed by atoms with Crippen LogP contribution in [0.2, 0.25) is 0 Å². The highest BCUT2D eigenvalue weighted by Crippen LogP contribution is 2.23. The minimum Gasteiger partial charge on any atom is -0.495 e. The third-order valence-corrected chi connectivity index (χ3v) is 5.59. The van der Waals surface area contributed by atoms with Crippen LogP contribution in [-0.2, 0) is 14.8 Å². The summed E-state index contributed by atoms with van der Waals surface area (Å²) in [7, 11) is -2.20. The summed E-state index contributed by atoms with van der Waals surface area (Å²) in [6, 6.07) is 19.9. The standard InChI is InChI=1S/C22H22N2O5S/c1-16-7-9-17(10-8-16)24-30(26,27)19-13-11-18(12-14-19)29-15-22(25)23-20-5-3-4-6-21(20)28-2/h3-14,24H,15H2,1-2H3,(H,23,25). The van der Waals surface area contributed by atoms with E-state index >= 15 is 0 Å². The number of sulfonamides is 1. The van der Waals surface area contributed by atoms with Gasteiger partial charge >= 0.3 is 0 Å². The molecule has 8 heteroatoms. The average Bonchev–Trinajstić information content (AvgIpc) is 2.74. The maximum atomic E-state index is 12.5. The number of nitrogens with one attached hydrogen (secondary N) is 2. The average molecular weight is 426 g/mol. The molecule has 0 saturated carbocycles. The van der Waals surface area contributed by atoms with Gasteiger partial charge in [0.2, 0.25) is 0 Å². The van der Waals surface area contributed by atoms with Gasteiger partial charge < -0.3 is 14.8 Å². The Morgan fingerprint density at radius 1 is 0.933 bits per heavy atom. The van der Waals surface area contributed by atoms with Crippen LogP contribution < -0.4 is 19.5 Å². The van der Waals surface area contributed by atoms with Crippen LogP contribution in [0.25, 0.3) is 0 Å². The SMILES string of the molecule is COc1ccccc1NC(=O)COc1ccc(S(=O)(=O)Nc2ccc(C)cc2)cc1. The number of hydrogen-bond donors (Lipinski definition) is 2. The quantitative estimate of drug-likeness (QED) is 0.571. The molecule has 0 aliphatic carbocycles. The highest BCUT2D eigenvalue weighted by atomic mass is 32.2. The molecule has 0 aliphatic rings. The largest absolute Gasteiger partial charge is 0.495 e.